The highest BCUT2D eigenvalue weighted by Gasteiger charge is 2.36. The van der Waals surface area contributed by atoms with Crippen molar-refractivity contribution in [3.8, 4) is 5.75 Å². The second-order valence-electron chi connectivity index (χ2n) is 11.9. The number of hydrogen-bond donors (Lipinski definition) is 0. The Kier molecular flexibility index (Phi) is 15.9. The van der Waals surface area contributed by atoms with Crippen molar-refractivity contribution in [3.05, 3.63) is 65.7 Å². The second-order valence-corrected chi connectivity index (χ2v) is 11.9. The lowest BCUT2D eigenvalue weighted by Crippen LogP contribution is -2.53. The number of rotatable bonds is 21. The molecule has 4 nitrogen and oxygen atoms in total. The average Bonchev–Trinajstić information content (AvgIpc) is 2.92. The van der Waals surface area contributed by atoms with Crippen molar-refractivity contribution in [2.45, 2.75) is 123 Å². The van der Waals surface area contributed by atoms with Gasteiger partial charge in [0.05, 0.1) is 14.1 Å². The van der Waals surface area contributed by atoms with Gasteiger partial charge in [-0.1, -0.05) is 114 Å². The van der Waals surface area contributed by atoms with Crippen LogP contribution in [0.1, 0.15) is 109 Å². The van der Waals surface area contributed by atoms with Gasteiger partial charge in [-0.25, -0.2) is 4.79 Å². The summed E-state index contributed by atoms with van der Waals surface area (Å²) in [4.78, 5) is 13.1. The quantitative estimate of drug-likeness (QED) is 0.0904. The molecule has 2 aromatic rings. The fourth-order valence-electron chi connectivity index (χ4n) is 5.30. The van der Waals surface area contributed by atoms with Gasteiger partial charge in [0.1, 0.15) is 25.0 Å². The van der Waals surface area contributed by atoms with E-state index in [-0.39, 0.29) is 24.7 Å². The molecule has 0 saturated heterocycles. The molecule has 0 spiro atoms. The van der Waals surface area contributed by atoms with E-state index >= 15 is 0 Å². The third-order valence-corrected chi connectivity index (χ3v) is 7.65. The van der Waals surface area contributed by atoms with Gasteiger partial charge in [0, 0.05) is 12.0 Å². The van der Waals surface area contributed by atoms with E-state index in [0.717, 1.165) is 31.6 Å². The van der Waals surface area contributed by atoms with Crippen LogP contribution in [0.5, 0.6) is 5.75 Å². The number of carbonyl (C=O) groups excluding carboxylic acids is 1. The van der Waals surface area contributed by atoms with E-state index in [1.807, 2.05) is 37.3 Å². The molecule has 0 saturated carbocycles. The Balaban J connectivity index is 1.69. The first-order valence-corrected chi connectivity index (χ1v) is 15.6. The molecule has 0 aliphatic heterocycles. The molecule has 2 rings (SSSR count). The van der Waals surface area contributed by atoms with Gasteiger partial charge in [0.2, 0.25) is 0 Å². The van der Waals surface area contributed by atoms with E-state index in [1.54, 1.807) is 0 Å². The number of esters is 1. The third-order valence-electron chi connectivity index (χ3n) is 7.65. The Hall–Kier alpha value is -2.33. The fourth-order valence-corrected chi connectivity index (χ4v) is 5.30. The van der Waals surface area contributed by atoms with Crippen molar-refractivity contribution in [3.63, 3.8) is 0 Å². The van der Waals surface area contributed by atoms with Crippen LogP contribution >= 0.6 is 0 Å². The molecule has 2 aromatic carbocycles. The largest absolute Gasteiger partial charge is 0.487 e. The van der Waals surface area contributed by atoms with E-state index in [9.17, 15) is 4.79 Å². The number of ether oxygens (including phenoxy) is 2. The van der Waals surface area contributed by atoms with Crippen molar-refractivity contribution in [1.29, 1.82) is 0 Å². The van der Waals surface area contributed by atoms with Crippen LogP contribution in [-0.4, -0.2) is 43.3 Å². The molecule has 4 heteroatoms. The van der Waals surface area contributed by atoms with Gasteiger partial charge in [-0.2, -0.15) is 0 Å². The van der Waals surface area contributed by atoms with Crippen LogP contribution in [0.25, 0.3) is 0 Å². The highest BCUT2D eigenvalue weighted by atomic mass is 16.6. The van der Waals surface area contributed by atoms with Gasteiger partial charge in [-0.15, -0.1) is 0 Å². The maximum absolute atomic E-state index is 13.1. The van der Waals surface area contributed by atoms with E-state index in [2.05, 4.69) is 52.2 Å². The van der Waals surface area contributed by atoms with E-state index < -0.39 is 0 Å². The van der Waals surface area contributed by atoms with Gasteiger partial charge in [-0.3, -0.25) is 0 Å². The summed E-state index contributed by atoms with van der Waals surface area (Å²) in [6.45, 7) is 7.40. The van der Waals surface area contributed by atoms with Crippen LogP contribution in [0.3, 0.4) is 0 Å². The minimum absolute atomic E-state index is 0.139. The van der Waals surface area contributed by atoms with Crippen molar-refractivity contribution in [2.75, 3.05) is 20.7 Å². The third kappa shape index (κ3) is 13.5. The highest BCUT2D eigenvalue weighted by Crippen LogP contribution is 2.21. The second kappa shape index (κ2) is 18.9. The van der Waals surface area contributed by atoms with Crippen LogP contribution in [0, 0.1) is 0 Å². The van der Waals surface area contributed by atoms with Crippen molar-refractivity contribution in [1.82, 2.24) is 0 Å². The maximum Gasteiger partial charge on any atom is 0.365 e. The molecular weight excluding hydrogens is 482 g/mol. The van der Waals surface area contributed by atoms with Gasteiger partial charge in [-0.05, 0) is 43.9 Å². The van der Waals surface area contributed by atoms with Gasteiger partial charge in [0.15, 0.2) is 6.04 Å². The normalized spacial score (nSPS) is 13.2. The van der Waals surface area contributed by atoms with Crippen molar-refractivity contribution >= 4 is 5.97 Å². The Bertz CT molecular complexity index is 894. The summed E-state index contributed by atoms with van der Waals surface area (Å²) < 4.78 is 12.4. The minimum atomic E-state index is -0.201. The smallest absolute Gasteiger partial charge is 0.365 e. The molecule has 0 fully saturated rings. The molecule has 2 unspecified atom stereocenters. The molecule has 0 N–H and O–H groups in total. The Labute approximate surface area is 239 Å². The summed E-state index contributed by atoms with van der Waals surface area (Å²) in [5.41, 5.74) is 2.59. The van der Waals surface area contributed by atoms with Crippen LogP contribution in [0.4, 0.5) is 0 Å². The van der Waals surface area contributed by atoms with Gasteiger partial charge < -0.3 is 14.0 Å². The Morgan fingerprint density at radius 1 is 0.744 bits per heavy atom. The summed E-state index contributed by atoms with van der Waals surface area (Å²) in [5, 5.41) is 0. The average molecular weight is 539 g/mol. The maximum atomic E-state index is 13.1. The lowest BCUT2D eigenvalue weighted by Gasteiger charge is -2.36. The molecule has 0 aliphatic rings. The molecular formula is C35H56NO3+. The Morgan fingerprint density at radius 3 is 1.92 bits per heavy atom. The molecule has 0 amide bonds. The van der Waals surface area contributed by atoms with E-state index in [0.29, 0.717) is 4.48 Å². The molecule has 39 heavy (non-hydrogen) atoms. The molecule has 0 heterocycles. The van der Waals surface area contributed by atoms with Crippen molar-refractivity contribution < 1.29 is 18.8 Å². The van der Waals surface area contributed by atoms with E-state index in [1.165, 1.54) is 75.3 Å². The van der Waals surface area contributed by atoms with Crippen molar-refractivity contribution in [2.24, 2.45) is 0 Å². The molecule has 218 valence electrons. The first-order valence-electron chi connectivity index (χ1n) is 15.6. The summed E-state index contributed by atoms with van der Waals surface area (Å²) >= 11 is 0. The Morgan fingerprint density at radius 2 is 1.33 bits per heavy atom. The number of nitrogens with zero attached hydrogens (tertiary/aromatic N) is 1. The number of unbranched alkanes of at least 4 members (excludes halogenated alkanes) is 9. The molecule has 0 radical (unpaired) electrons. The zero-order chi connectivity index (χ0) is 28.3. The predicted molar refractivity (Wildman–Crippen MR) is 164 cm³/mol. The summed E-state index contributed by atoms with van der Waals surface area (Å²) in [5.74, 6) is 0.691. The number of benzene rings is 2. The highest BCUT2D eigenvalue weighted by molar-refractivity contribution is 5.74. The van der Waals surface area contributed by atoms with Crippen LogP contribution in [0.15, 0.2) is 54.6 Å². The van der Waals surface area contributed by atoms with Crippen LogP contribution in [-0.2, 0) is 22.5 Å². The van der Waals surface area contributed by atoms with Crippen LogP contribution in [0.2, 0.25) is 0 Å². The first-order chi connectivity index (χ1) is 18.9. The number of aryl methyl sites for hydroxylation is 1. The first kappa shape index (κ1) is 32.9. The van der Waals surface area contributed by atoms with Crippen LogP contribution < -0.4 is 4.74 Å². The molecule has 0 bridgehead atoms. The summed E-state index contributed by atoms with van der Waals surface area (Å²) in [6.07, 6.45) is 16.3. The topological polar surface area (TPSA) is 35.5 Å². The molecule has 2 atom stereocenters. The molecule has 0 aliphatic carbocycles. The zero-order valence-corrected chi connectivity index (χ0v) is 25.6. The lowest BCUT2D eigenvalue weighted by molar-refractivity contribution is -0.920. The number of carbonyl (C=O) groups is 1. The SMILES string of the molecule is CCCCCCCCCCCCc1ccc(OC(C)COC(=O)C(CCC)[N+](C)(C)Cc2ccccc2)cc1. The number of quaternary nitrogens is 1. The molecule has 0 aromatic heterocycles. The summed E-state index contributed by atoms with van der Waals surface area (Å²) in [7, 11) is 4.23. The zero-order valence-electron chi connectivity index (χ0n) is 25.6. The summed E-state index contributed by atoms with van der Waals surface area (Å²) in [6, 6.07) is 18.6. The van der Waals surface area contributed by atoms with E-state index in [4.69, 9.17) is 9.47 Å². The monoisotopic (exact) mass is 538 g/mol. The fraction of sp³-hybridized carbons (Fsp3) is 0.629. The number of hydrogen-bond acceptors (Lipinski definition) is 3. The van der Waals surface area contributed by atoms with Gasteiger partial charge >= 0.3 is 5.97 Å². The standard InChI is InChI=1S/C35H56NO3/c1-6-8-9-10-11-12-13-14-15-17-21-31-24-26-33(27-25-31)39-30(3)29-38-35(37)34(20-7-2)36(4,5)28-32-22-18-16-19-23-32/h16,18-19,22-27,30,34H,6-15,17,20-21,28-29H2,1-5H3/q+1. The lowest BCUT2D eigenvalue weighted by atomic mass is 10.0. The predicted octanol–water partition coefficient (Wildman–Crippen LogP) is 8.91. The van der Waals surface area contributed by atoms with Gasteiger partial charge in [0.25, 0.3) is 0 Å². The minimum Gasteiger partial charge on any atom is -0.487 e. The number of likely N-dealkylation sites (N-methyl/N-ethyl adjacent to an activating group) is 1.